The molecular weight excluding hydrogens is 256 g/mol. The normalized spacial score (nSPS) is 17.0. The van der Waals surface area contributed by atoms with Gasteiger partial charge in [0, 0.05) is 24.0 Å². The topological polar surface area (TPSA) is 15.3 Å². The highest BCUT2D eigenvalue weighted by molar-refractivity contribution is 5.56. The van der Waals surface area contributed by atoms with Gasteiger partial charge in [-0.25, -0.2) is 0 Å². The number of nitrogens with one attached hydrogen (secondary N) is 1. The standard InChI is InChI=1S/C19H28N2/c1-4-17(5-2)20-19-14-10-9-11-16(19)15-21(3)18-12-7-6-8-13-18/h4-5,9-11,14,18,20H,1,6-8,12-13,15H2,2-3H3/b17-5+. The Morgan fingerprint density at radius 3 is 2.67 bits per heavy atom. The van der Waals surface area contributed by atoms with Crippen LogP contribution in [0.4, 0.5) is 5.69 Å². The van der Waals surface area contributed by atoms with E-state index in [4.69, 9.17) is 0 Å². The summed E-state index contributed by atoms with van der Waals surface area (Å²) in [6.45, 7) is 6.88. The third kappa shape index (κ3) is 4.47. The molecule has 1 aliphatic rings. The van der Waals surface area contributed by atoms with Crippen LogP contribution in [0.15, 0.2) is 48.7 Å². The number of allylic oxidation sites excluding steroid dienone is 2. The van der Waals surface area contributed by atoms with Crippen LogP contribution in [0, 0.1) is 0 Å². The first-order chi connectivity index (χ1) is 10.2. The van der Waals surface area contributed by atoms with E-state index in [1.807, 2.05) is 13.0 Å². The van der Waals surface area contributed by atoms with Gasteiger partial charge in [-0.3, -0.25) is 4.90 Å². The predicted octanol–water partition coefficient (Wildman–Crippen LogP) is 4.95. The van der Waals surface area contributed by atoms with Gasteiger partial charge in [0.2, 0.25) is 0 Å². The summed E-state index contributed by atoms with van der Waals surface area (Å²) in [5.41, 5.74) is 3.60. The molecule has 0 amide bonds. The molecule has 0 bridgehead atoms. The Morgan fingerprint density at radius 2 is 2.00 bits per heavy atom. The summed E-state index contributed by atoms with van der Waals surface area (Å²) < 4.78 is 0. The highest BCUT2D eigenvalue weighted by atomic mass is 15.1. The number of rotatable bonds is 6. The number of nitrogens with zero attached hydrogens (tertiary/aromatic N) is 1. The molecule has 2 rings (SSSR count). The Bertz CT molecular complexity index is 484. The Kier molecular flexibility index (Phi) is 6.06. The average Bonchev–Trinajstić information content (AvgIpc) is 2.54. The zero-order valence-electron chi connectivity index (χ0n) is 13.4. The molecule has 0 aromatic heterocycles. The maximum atomic E-state index is 3.85. The van der Waals surface area contributed by atoms with Gasteiger partial charge in [0.25, 0.3) is 0 Å². The molecule has 0 atom stereocenters. The third-order valence-corrected chi connectivity index (χ3v) is 4.45. The highest BCUT2D eigenvalue weighted by Crippen LogP contribution is 2.25. The van der Waals surface area contributed by atoms with Gasteiger partial charge in [0.15, 0.2) is 0 Å². The molecule has 1 aromatic rings. The number of para-hydroxylation sites is 1. The molecule has 21 heavy (non-hydrogen) atoms. The fourth-order valence-corrected chi connectivity index (χ4v) is 3.10. The van der Waals surface area contributed by atoms with Crippen molar-refractivity contribution in [2.24, 2.45) is 0 Å². The number of anilines is 1. The van der Waals surface area contributed by atoms with E-state index in [0.29, 0.717) is 0 Å². The summed E-state index contributed by atoms with van der Waals surface area (Å²) in [7, 11) is 2.26. The largest absolute Gasteiger partial charge is 0.356 e. The number of hydrogen-bond acceptors (Lipinski definition) is 2. The van der Waals surface area contributed by atoms with Crippen molar-refractivity contribution in [1.29, 1.82) is 0 Å². The van der Waals surface area contributed by atoms with Crippen molar-refractivity contribution in [3.63, 3.8) is 0 Å². The van der Waals surface area contributed by atoms with Gasteiger partial charge in [0.05, 0.1) is 0 Å². The molecule has 0 unspecified atom stereocenters. The van der Waals surface area contributed by atoms with Crippen LogP contribution in [0.2, 0.25) is 0 Å². The van der Waals surface area contributed by atoms with Gasteiger partial charge < -0.3 is 5.32 Å². The van der Waals surface area contributed by atoms with Crippen LogP contribution in [-0.4, -0.2) is 18.0 Å². The first-order valence-electron chi connectivity index (χ1n) is 8.08. The second kappa shape index (κ2) is 8.04. The summed E-state index contributed by atoms with van der Waals surface area (Å²) in [4.78, 5) is 2.52. The highest BCUT2D eigenvalue weighted by Gasteiger charge is 2.18. The molecule has 0 spiro atoms. The third-order valence-electron chi connectivity index (χ3n) is 4.45. The molecular formula is C19H28N2. The molecule has 0 aliphatic heterocycles. The van der Waals surface area contributed by atoms with E-state index < -0.39 is 0 Å². The molecule has 1 fully saturated rings. The first kappa shape index (κ1) is 15.8. The van der Waals surface area contributed by atoms with Gasteiger partial charge in [-0.15, -0.1) is 0 Å². The summed E-state index contributed by atoms with van der Waals surface area (Å²) >= 11 is 0. The minimum atomic E-state index is 0.743. The van der Waals surface area contributed by atoms with Crippen molar-refractivity contribution in [2.75, 3.05) is 12.4 Å². The number of hydrogen-bond donors (Lipinski definition) is 1. The Labute approximate surface area is 129 Å². The van der Waals surface area contributed by atoms with E-state index >= 15 is 0 Å². The van der Waals surface area contributed by atoms with E-state index in [-0.39, 0.29) is 0 Å². The summed E-state index contributed by atoms with van der Waals surface area (Å²) in [5, 5.41) is 3.47. The van der Waals surface area contributed by atoms with Crippen molar-refractivity contribution in [3.05, 3.63) is 54.3 Å². The van der Waals surface area contributed by atoms with Gasteiger partial charge in [0.1, 0.15) is 0 Å². The van der Waals surface area contributed by atoms with Crippen LogP contribution in [-0.2, 0) is 6.54 Å². The molecule has 2 heteroatoms. The summed E-state index contributed by atoms with van der Waals surface area (Å²) in [6.07, 6.45) is 10.8. The van der Waals surface area contributed by atoms with Crippen molar-refractivity contribution in [3.8, 4) is 0 Å². The molecule has 0 saturated heterocycles. The van der Waals surface area contributed by atoms with E-state index in [2.05, 4.69) is 54.2 Å². The molecule has 114 valence electrons. The first-order valence-corrected chi connectivity index (χ1v) is 8.08. The second-order valence-electron chi connectivity index (χ2n) is 5.94. The zero-order valence-corrected chi connectivity index (χ0v) is 13.4. The van der Waals surface area contributed by atoms with Crippen LogP contribution in [0.5, 0.6) is 0 Å². The van der Waals surface area contributed by atoms with Crippen molar-refractivity contribution >= 4 is 5.69 Å². The Balaban J connectivity index is 2.06. The lowest BCUT2D eigenvalue weighted by atomic mass is 9.94. The van der Waals surface area contributed by atoms with Crippen molar-refractivity contribution < 1.29 is 0 Å². The Hall–Kier alpha value is -1.54. The van der Waals surface area contributed by atoms with E-state index in [1.54, 1.807) is 0 Å². The summed E-state index contributed by atoms with van der Waals surface area (Å²) in [5.74, 6) is 0. The van der Waals surface area contributed by atoms with E-state index in [9.17, 15) is 0 Å². The fraction of sp³-hybridized carbons (Fsp3) is 0.474. The van der Waals surface area contributed by atoms with Crippen molar-refractivity contribution in [2.45, 2.75) is 51.6 Å². The number of benzene rings is 1. The van der Waals surface area contributed by atoms with Crippen LogP contribution in [0.3, 0.4) is 0 Å². The van der Waals surface area contributed by atoms with Crippen molar-refractivity contribution in [1.82, 2.24) is 4.90 Å². The SMILES string of the molecule is C=C/C(=C\C)Nc1ccccc1CN(C)C1CCCCC1. The maximum Gasteiger partial charge on any atom is 0.0429 e. The lowest BCUT2D eigenvalue weighted by Crippen LogP contribution is -2.33. The molecule has 0 heterocycles. The predicted molar refractivity (Wildman–Crippen MR) is 92.4 cm³/mol. The lowest BCUT2D eigenvalue weighted by Gasteiger charge is -2.31. The smallest absolute Gasteiger partial charge is 0.0429 e. The molecule has 1 N–H and O–H groups in total. The molecule has 1 saturated carbocycles. The van der Waals surface area contributed by atoms with Gasteiger partial charge in [-0.1, -0.05) is 50.1 Å². The Morgan fingerprint density at radius 1 is 1.29 bits per heavy atom. The maximum absolute atomic E-state index is 3.85. The summed E-state index contributed by atoms with van der Waals surface area (Å²) in [6, 6.07) is 9.32. The molecule has 1 aliphatic carbocycles. The van der Waals surface area contributed by atoms with Gasteiger partial charge >= 0.3 is 0 Å². The zero-order chi connectivity index (χ0) is 15.1. The van der Waals surface area contributed by atoms with Crippen LogP contribution in [0.25, 0.3) is 0 Å². The minimum Gasteiger partial charge on any atom is -0.356 e. The minimum absolute atomic E-state index is 0.743. The quantitative estimate of drug-likeness (QED) is 0.743. The average molecular weight is 284 g/mol. The van der Waals surface area contributed by atoms with Crippen LogP contribution < -0.4 is 5.32 Å². The van der Waals surface area contributed by atoms with Gasteiger partial charge in [-0.05, 0) is 44.5 Å². The van der Waals surface area contributed by atoms with Crippen LogP contribution in [0.1, 0.15) is 44.6 Å². The molecule has 0 radical (unpaired) electrons. The molecule has 1 aromatic carbocycles. The molecule has 2 nitrogen and oxygen atoms in total. The van der Waals surface area contributed by atoms with E-state index in [0.717, 1.165) is 18.3 Å². The van der Waals surface area contributed by atoms with E-state index in [1.165, 1.54) is 43.4 Å². The lowest BCUT2D eigenvalue weighted by molar-refractivity contribution is 0.185. The monoisotopic (exact) mass is 284 g/mol. The fourth-order valence-electron chi connectivity index (χ4n) is 3.10. The second-order valence-corrected chi connectivity index (χ2v) is 5.94. The van der Waals surface area contributed by atoms with Gasteiger partial charge in [-0.2, -0.15) is 0 Å². The van der Waals surface area contributed by atoms with Crippen LogP contribution >= 0.6 is 0 Å².